The molecule has 0 atom stereocenters. The summed E-state index contributed by atoms with van der Waals surface area (Å²) in [6.45, 7) is 4.39. The lowest BCUT2D eigenvalue weighted by molar-refractivity contribution is 0.458. The number of aromatic hydroxyl groups is 1. The molecule has 0 spiro atoms. The zero-order chi connectivity index (χ0) is 15.8. The van der Waals surface area contributed by atoms with Crippen LogP contribution in [0.15, 0.2) is 42.5 Å². The van der Waals surface area contributed by atoms with Crippen molar-refractivity contribution in [3.8, 4) is 5.75 Å². The van der Waals surface area contributed by atoms with Gasteiger partial charge in [-0.3, -0.25) is 0 Å². The number of phenolic OH excluding ortho intramolecular Hbond substituents is 1. The topological polar surface area (TPSA) is 20.2 Å². The molecular formula is C21H28O. The van der Waals surface area contributed by atoms with Gasteiger partial charge in [-0.15, -0.1) is 0 Å². The Balaban J connectivity index is 2.27. The quantitative estimate of drug-likeness (QED) is 0.665. The average Bonchev–Trinajstić information content (AvgIpc) is 2.54. The Morgan fingerprint density at radius 1 is 0.773 bits per heavy atom. The molecular weight excluding hydrogens is 268 g/mol. The molecule has 0 aromatic heterocycles. The van der Waals surface area contributed by atoms with Crippen molar-refractivity contribution in [1.29, 1.82) is 0 Å². The lowest BCUT2D eigenvalue weighted by Crippen LogP contribution is -1.97. The molecule has 0 heterocycles. The minimum atomic E-state index is 0.540. The van der Waals surface area contributed by atoms with E-state index in [9.17, 15) is 5.11 Å². The Morgan fingerprint density at radius 2 is 1.32 bits per heavy atom. The Morgan fingerprint density at radius 3 is 1.82 bits per heavy atom. The molecule has 2 aromatic carbocycles. The maximum absolute atomic E-state index is 10.5. The fourth-order valence-electron chi connectivity index (χ4n) is 2.88. The second kappa shape index (κ2) is 8.63. The summed E-state index contributed by atoms with van der Waals surface area (Å²) in [6, 6.07) is 15.0. The van der Waals surface area contributed by atoms with Gasteiger partial charge in [-0.25, -0.2) is 0 Å². The molecule has 1 heteroatoms. The first-order valence-corrected chi connectivity index (χ1v) is 8.62. The molecule has 0 aliphatic carbocycles. The van der Waals surface area contributed by atoms with Gasteiger partial charge in [0.15, 0.2) is 0 Å². The molecule has 0 fully saturated rings. The second-order valence-corrected chi connectivity index (χ2v) is 6.13. The maximum atomic E-state index is 10.5. The summed E-state index contributed by atoms with van der Waals surface area (Å²) < 4.78 is 0. The van der Waals surface area contributed by atoms with E-state index in [1.807, 2.05) is 0 Å². The average molecular weight is 296 g/mol. The fourth-order valence-corrected chi connectivity index (χ4v) is 2.88. The first-order valence-electron chi connectivity index (χ1n) is 8.62. The third-order valence-corrected chi connectivity index (χ3v) is 4.18. The Labute approximate surface area is 135 Å². The molecule has 0 radical (unpaired) electrons. The van der Waals surface area contributed by atoms with E-state index < -0.39 is 0 Å². The molecule has 0 unspecified atom stereocenters. The summed E-state index contributed by atoms with van der Waals surface area (Å²) >= 11 is 0. The van der Waals surface area contributed by atoms with E-state index in [-0.39, 0.29) is 0 Å². The van der Waals surface area contributed by atoms with Crippen LogP contribution in [0.2, 0.25) is 0 Å². The molecule has 0 aliphatic heterocycles. The van der Waals surface area contributed by atoms with Crippen LogP contribution in [0.4, 0.5) is 0 Å². The zero-order valence-corrected chi connectivity index (χ0v) is 13.9. The highest BCUT2D eigenvalue weighted by Gasteiger charge is 2.10. The Hall–Kier alpha value is -1.76. The predicted octanol–water partition coefficient (Wildman–Crippen LogP) is 5.67. The highest BCUT2D eigenvalue weighted by atomic mass is 16.3. The van der Waals surface area contributed by atoms with Crippen LogP contribution in [0, 0.1) is 0 Å². The molecule has 1 nitrogen and oxygen atoms in total. The van der Waals surface area contributed by atoms with E-state index >= 15 is 0 Å². The molecule has 2 rings (SSSR count). The van der Waals surface area contributed by atoms with Crippen molar-refractivity contribution < 1.29 is 5.11 Å². The van der Waals surface area contributed by atoms with Crippen LogP contribution in [0.25, 0.3) is 0 Å². The number of hydrogen-bond acceptors (Lipinski definition) is 1. The minimum Gasteiger partial charge on any atom is -0.507 e. The number of benzene rings is 2. The van der Waals surface area contributed by atoms with Crippen LogP contribution in [-0.2, 0) is 19.3 Å². The highest BCUT2D eigenvalue weighted by Crippen LogP contribution is 2.28. The summed E-state index contributed by atoms with van der Waals surface area (Å²) in [5, 5.41) is 10.5. The maximum Gasteiger partial charge on any atom is 0.121 e. The van der Waals surface area contributed by atoms with Crippen LogP contribution >= 0.6 is 0 Å². The summed E-state index contributed by atoms with van der Waals surface area (Å²) in [6.07, 6.45) is 7.48. The van der Waals surface area contributed by atoms with E-state index in [0.717, 1.165) is 56.1 Å². The molecule has 0 bridgehead atoms. The van der Waals surface area contributed by atoms with Crippen molar-refractivity contribution >= 4 is 0 Å². The molecule has 118 valence electrons. The van der Waals surface area contributed by atoms with Crippen LogP contribution in [0.1, 0.15) is 61.8 Å². The summed E-state index contributed by atoms with van der Waals surface area (Å²) in [5.74, 6) is 0.540. The normalized spacial score (nSPS) is 10.8. The van der Waals surface area contributed by atoms with Gasteiger partial charge in [0.2, 0.25) is 0 Å². The third kappa shape index (κ3) is 4.62. The fraction of sp³-hybridized carbons (Fsp3) is 0.429. The van der Waals surface area contributed by atoms with Gasteiger partial charge < -0.3 is 5.11 Å². The standard InChI is InChI=1S/C21H28O/c1-3-5-12-19-15-18(14-17-10-8-7-9-11-17)16-20(21(19)22)13-6-4-2/h7-11,15-16,22H,3-6,12-14H2,1-2H3. The van der Waals surface area contributed by atoms with Crippen molar-refractivity contribution in [2.75, 3.05) is 0 Å². The van der Waals surface area contributed by atoms with Crippen molar-refractivity contribution in [2.45, 2.75) is 58.8 Å². The smallest absolute Gasteiger partial charge is 0.121 e. The van der Waals surface area contributed by atoms with Crippen molar-refractivity contribution in [3.05, 3.63) is 64.7 Å². The van der Waals surface area contributed by atoms with Crippen LogP contribution in [0.5, 0.6) is 5.75 Å². The van der Waals surface area contributed by atoms with Crippen LogP contribution < -0.4 is 0 Å². The first kappa shape index (κ1) is 16.6. The highest BCUT2D eigenvalue weighted by molar-refractivity contribution is 5.45. The Kier molecular flexibility index (Phi) is 6.51. The zero-order valence-electron chi connectivity index (χ0n) is 13.9. The number of aryl methyl sites for hydroxylation is 2. The molecule has 0 saturated carbocycles. The molecule has 0 saturated heterocycles. The minimum absolute atomic E-state index is 0.540. The molecule has 2 aromatic rings. The lowest BCUT2D eigenvalue weighted by Gasteiger charge is -2.13. The SMILES string of the molecule is CCCCc1cc(Cc2ccccc2)cc(CCCC)c1O. The van der Waals surface area contributed by atoms with Crippen molar-refractivity contribution in [2.24, 2.45) is 0 Å². The van der Waals surface area contributed by atoms with Crippen molar-refractivity contribution in [1.82, 2.24) is 0 Å². The van der Waals surface area contributed by atoms with Crippen LogP contribution in [-0.4, -0.2) is 5.11 Å². The molecule has 0 amide bonds. The summed E-state index contributed by atoms with van der Waals surface area (Å²) in [4.78, 5) is 0. The van der Waals surface area contributed by atoms with Crippen LogP contribution in [0.3, 0.4) is 0 Å². The number of phenols is 1. The van der Waals surface area contributed by atoms with Gasteiger partial charge in [-0.2, -0.15) is 0 Å². The van der Waals surface area contributed by atoms with E-state index in [2.05, 4.69) is 56.3 Å². The number of hydrogen-bond donors (Lipinski definition) is 1. The lowest BCUT2D eigenvalue weighted by atomic mass is 9.94. The van der Waals surface area contributed by atoms with Gasteiger partial charge in [0.05, 0.1) is 0 Å². The van der Waals surface area contributed by atoms with E-state index in [4.69, 9.17) is 0 Å². The molecule has 0 aliphatic rings. The predicted molar refractivity (Wildman–Crippen MR) is 94.6 cm³/mol. The number of unbranched alkanes of at least 4 members (excludes halogenated alkanes) is 2. The van der Waals surface area contributed by atoms with Gasteiger partial charge in [0.25, 0.3) is 0 Å². The van der Waals surface area contributed by atoms with Crippen molar-refractivity contribution in [3.63, 3.8) is 0 Å². The van der Waals surface area contributed by atoms with Gasteiger partial charge in [0, 0.05) is 0 Å². The first-order chi connectivity index (χ1) is 10.7. The molecule has 1 N–H and O–H groups in total. The van der Waals surface area contributed by atoms with Gasteiger partial charge in [-0.05, 0) is 54.4 Å². The third-order valence-electron chi connectivity index (χ3n) is 4.18. The summed E-state index contributed by atoms with van der Waals surface area (Å²) in [7, 11) is 0. The monoisotopic (exact) mass is 296 g/mol. The summed E-state index contributed by atoms with van der Waals surface area (Å²) in [5.41, 5.74) is 4.90. The van der Waals surface area contributed by atoms with Gasteiger partial charge in [0.1, 0.15) is 5.75 Å². The second-order valence-electron chi connectivity index (χ2n) is 6.13. The van der Waals surface area contributed by atoms with Gasteiger partial charge >= 0.3 is 0 Å². The van der Waals surface area contributed by atoms with E-state index in [0.29, 0.717) is 5.75 Å². The largest absolute Gasteiger partial charge is 0.507 e. The van der Waals surface area contributed by atoms with E-state index in [1.165, 1.54) is 11.1 Å². The Bertz CT molecular complexity index is 543. The van der Waals surface area contributed by atoms with Gasteiger partial charge in [-0.1, -0.05) is 69.2 Å². The van der Waals surface area contributed by atoms with E-state index in [1.54, 1.807) is 0 Å². The molecule has 22 heavy (non-hydrogen) atoms. The number of rotatable bonds is 8.